The van der Waals surface area contributed by atoms with Crippen molar-refractivity contribution in [2.24, 2.45) is 5.92 Å². The topological polar surface area (TPSA) is 66.5 Å². The molecule has 120 valence electrons. The van der Waals surface area contributed by atoms with Gasteiger partial charge >= 0.3 is 0 Å². The summed E-state index contributed by atoms with van der Waals surface area (Å²) < 4.78 is 24.9. The molecule has 0 spiro atoms. The van der Waals surface area contributed by atoms with E-state index in [1.54, 1.807) is 0 Å². The molecule has 5 nitrogen and oxygen atoms in total. The van der Waals surface area contributed by atoms with Gasteiger partial charge in [0.1, 0.15) is 6.04 Å². The van der Waals surface area contributed by atoms with Crippen molar-refractivity contribution in [1.29, 1.82) is 0 Å². The van der Waals surface area contributed by atoms with Gasteiger partial charge in [0.05, 0.1) is 12.3 Å². The highest BCUT2D eigenvalue weighted by molar-refractivity contribution is 7.88. The van der Waals surface area contributed by atoms with Gasteiger partial charge < -0.3 is 5.32 Å². The van der Waals surface area contributed by atoms with Crippen LogP contribution in [0.4, 0.5) is 0 Å². The van der Waals surface area contributed by atoms with Crippen LogP contribution in [0.2, 0.25) is 0 Å². The molecule has 3 rings (SSSR count). The molecular formula is C16H22N2O3S. The number of nitrogens with zero attached hydrogens (tertiary/aromatic N) is 1. The Kier molecular flexibility index (Phi) is 4.23. The summed E-state index contributed by atoms with van der Waals surface area (Å²) in [5.41, 5.74) is 1.10. The lowest BCUT2D eigenvalue weighted by molar-refractivity contribution is -0.125. The Morgan fingerprint density at radius 1 is 1.23 bits per heavy atom. The summed E-state index contributed by atoms with van der Waals surface area (Å²) in [6, 6.07) is 9.37. The molecule has 0 aromatic heterocycles. The van der Waals surface area contributed by atoms with Crippen molar-refractivity contribution in [3.8, 4) is 0 Å². The van der Waals surface area contributed by atoms with E-state index in [0.717, 1.165) is 24.8 Å². The van der Waals surface area contributed by atoms with E-state index in [1.165, 1.54) is 10.6 Å². The van der Waals surface area contributed by atoms with Crippen molar-refractivity contribution in [2.75, 3.05) is 12.8 Å². The highest BCUT2D eigenvalue weighted by Crippen LogP contribution is 2.41. The molecule has 1 heterocycles. The first-order valence-corrected chi connectivity index (χ1v) is 9.64. The highest BCUT2D eigenvalue weighted by Gasteiger charge is 2.39. The van der Waals surface area contributed by atoms with E-state index in [1.807, 2.05) is 30.3 Å². The molecule has 6 heteroatoms. The van der Waals surface area contributed by atoms with Crippen LogP contribution in [0, 0.1) is 5.92 Å². The number of carbonyl (C=O) groups excluding carboxylic acids is 1. The number of sulfonamides is 1. The fourth-order valence-electron chi connectivity index (χ4n) is 3.21. The molecule has 0 radical (unpaired) electrons. The van der Waals surface area contributed by atoms with Crippen molar-refractivity contribution in [3.05, 3.63) is 35.9 Å². The Morgan fingerprint density at radius 3 is 2.50 bits per heavy atom. The van der Waals surface area contributed by atoms with Gasteiger partial charge in [-0.3, -0.25) is 4.79 Å². The van der Waals surface area contributed by atoms with Crippen LogP contribution in [0.25, 0.3) is 0 Å². The molecule has 1 saturated heterocycles. The third kappa shape index (κ3) is 3.33. The summed E-state index contributed by atoms with van der Waals surface area (Å²) in [6.45, 7) is 0.441. The van der Waals surface area contributed by atoms with Crippen LogP contribution >= 0.6 is 0 Å². The second-order valence-electron chi connectivity index (χ2n) is 6.27. The van der Waals surface area contributed by atoms with E-state index < -0.39 is 16.1 Å². The lowest BCUT2D eigenvalue weighted by Crippen LogP contribution is -2.46. The van der Waals surface area contributed by atoms with Gasteiger partial charge in [0.25, 0.3) is 0 Å². The van der Waals surface area contributed by atoms with Crippen LogP contribution in [0.15, 0.2) is 30.3 Å². The molecule has 1 aromatic carbocycles. The lowest BCUT2D eigenvalue weighted by atomic mass is 10.0. The summed E-state index contributed by atoms with van der Waals surface area (Å²) in [5, 5.41) is 3.09. The Labute approximate surface area is 131 Å². The summed E-state index contributed by atoms with van der Waals surface area (Å²) in [7, 11) is -3.33. The first-order valence-electron chi connectivity index (χ1n) is 7.79. The average Bonchev–Trinajstić information content (AvgIpc) is 3.18. The third-order valence-corrected chi connectivity index (χ3v) is 5.77. The van der Waals surface area contributed by atoms with Crippen LogP contribution in [-0.2, 0) is 14.8 Å². The summed E-state index contributed by atoms with van der Waals surface area (Å²) in [6.07, 6.45) is 4.74. The van der Waals surface area contributed by atoms with E-state index >= 15 is 0 Å². The van der Waals surface area contributed by atoms with E-state index in [2.05, 4.69) is 5.32 Å². The van der Waals surface area contributed by atoms with Gasteiger partial charge in [-0.05, 0) is 37.2 Å². The van der Waals surface area contributed by atoms with Gasteiger partial charge in [0.2, 0.25) is 15.9 Å². The fourth-order valence-corrected chi connectivity index (χ4v) is 4.34. The molecule has 1 aliphatic heterocycles. The largest absolute Gasteiger partial charge is 0.348 e. The second-order valence-corrected chi connectivity index (χ2v) is 8.20. The lowest BCUT2D eigenvalue weighted by Gasteiger charge is -2.25. The zero-order valence-electron chi connectivity index (χ0n) is 12.7. The standard InChI is InChI=1S/C16H22N2O3S/c1-22(20,21)18-11-5-8-14(18)16(19)17-15(13-9-10-13)12-6-3-2-4-7-12/h2-4,6-7,13-15H,5,8-11H2,1H3,(H,17,19)/t14-,15-/m0/s1. The first kappa shape index (κ1) is 15.5. The molecule has 1 aromatic rings. The van der Waals surface area contributed by atoms with Gasteiger partial charge in [-0.2, -0.15) is 4.31 Å². The van der Waals surface area contributed by atoms with Crippen LogP contribution in [0.5, 0.6) is 0 Å². The predicted octanol–water partition coefficient (Wildman–Crippen LogP) is 1.68. The zero-order chi connectivity index (χ0) is 15.7. The molecule has 0 bridgehead atoms. The molecule has 1 amide bonds. The molecule has 1 N–H and O–H groups in total. The number of rotatable bonds is 5. The Bertz CT molecular complexity index is 641. The Hall–Kier alpha value is -1.40. The number of amides is 1. The molecular weight excluding hydrogens is 300 g/mol. The zero-order valence-corrected chi connectivity index (χ0v) is 13.6. The van der Waals surface area contributed by atoms with Crippen molar-refractivity contribution in [3.63, 3.8) is 0 Å². The fraction of sp³-hybridized carbons (Fsp3) is 0.562. The predicted molar refractivity (Wildman–Crippen MR) is 84.6 cm³/mol. The Morgan fingerprint density at radius 2 is 1.91 bits per heavy atom. The maximum Gasteiger partial charge on any atom is 0.238 e. The van der Waals surface area contributed by atoms with Crippen LogP contribution in [0.3, 0.4) is 0 Å². The summed E-state index contributed by atoms with van der Waals surface area (Å²) >= 11 is 0. The van der Waals surface area contributed by atoms with Crippen molar-refractivity contribution >= 4 is 15.9 Å². The van der Waals surface area contributed by atoms with Crippen LogP contribution < -0.4 is 5.32 Å². The Balaban J connectivity index is 1.75. The average molecular weight is 322 g/mol. The number of benzene rings is 1. The van der Waals surface area contributed by atoms with E-state index in [4.69, 9.17) is 0 Å². The van der Waals surface area contributed by atoms with Gasteiger partial charge in [-0.25, -0.2) is 8.42 Å². The monoisotopic (exact) mass is 322 g/mol. The number of hydrogen-bond acceptors (Lipinski definition) is 3. The smallest absolute Gasteiger partial charge is 0.238 e. The molecule has 2 atom stereocenters. The van der Waals surface area contributed by atoms with E-state index in [9.17, 15) is 13.2 Å². The van der Waals surface area contributed by atoms with Gasteiger partial charge in [-0.1, -0.05) is 30.3 Å². The second kappa shape index (κ2) is 6.01. The van der Waals surface area contributed by atoms with Gasteiger partial charge in [0, 0.05) is 6.54 Å². The number of nitrogens with one attached hydrogen (secondary N) is 1. The van der Waals surface area contributed by atoms with Gasteiger partial charge in [-0.15, -0.1) is 0 Å². The molecule has 2 fully saturated rings. The van der Waals surface area contributed by atoms with Crippen molar-refractivity contribution < 1.29 is 13.2 Å². The van der Waals surface area contributed by atoms with Crippen molar-refractivity contribution in [1.82, 2.24) is 9.62 Å². The number of hydrogen-bond donors (Lipinski definition) is 1. The number of carbonyl (C=O) groups is 1. The quantitative estimate of drug-likeness (QED) is 0.897. The normalized spacial score (nSPS) is 24.1. The minimum Gasteiger partial charge on any atom is -0.348 e. The molecule has 0 unspecified atom stereocenters. The molecule has 2 aliphatic rings. The third-order valence-electron chi connectivity index (χ3n) is 4.48. The minimum absolute atomic E-state index is 0.00397. The highest BCUT2D eigenvalue weighted by atomic mass is 32.2. The van der Waals surface area contributed by atoms with E-state index in [0.29, 0.717) is 18.9 Å². The first-order chi connectivity index (χ1) is 10.5. The van der Waals surface area contributed by atoms with Crippen LogP contribution in [0.1, 0.15) is 37.3 Å². The van der Waals surface area contributed by atoms with Crippen LogP contribution in [-0.4, -0.2) is 37.5 Å². The van der Waals surface area contributed by atoms with Gasteiger partial charge in [0.15, 0.2) is 0 Å². The summed E-state index contributed by atoms with van der Waals surface area (Å²) in [4.78, 5) is 12.6. The molecule has 22 heavy (non-hydrogen) atoms. The minimum atomic E-state index is -3.33. The molecule has 1 aliphatic carbocycles. The van der Waals surface area contributed by atoms with E-state index in [-0.39, 0.29) is 11.9 Å². The maximum atomic E-state index is 12.6. The summed E-state index contributed by atoms with van der Waals surface area (Å²) in [5.74, 6) is 0.308. The molecule has 1 saturated carbocycles. The van der Waals surface area contributed by atoms with Crippen molar-refractivity contribution in [2.45, 2.75) is 37.8 Å². The SMILES string of the molecule is CS(=O)(=O)N1CCC[C@H]1C(=O)N[C@@H](c1ccccc1)C1CC1. The maximum absolute atomic E-state index is 12.6.